The van der Waals surface area contributed by atoms with Gasteiger partial charge in [-0.1, -0.05) is 12.8 Å². The lowest BCUT2D eigenvalue weighted by Gasteiger charge is -2.00. The van der Waals surface area contributed by atoms with Gasteiger partial charge in [0.25, 0.3) is 0 Å². The van der Waals surface area contributed by atoms with Crippen LogP contribution >= 0.6 is 0 Å². The van der Waals surface area contributed by atoms with Gasteiger partial charge in [0, 0.05) is 5.92 Å². The van der Waals surface area contributed by atoms with Gasteiger partial charge < -0.3 is 10.2 Å². The van der Waals surface area contributed by atoms with Gasteiger partial charge in [-0.25, -0.2) is 9.97 Å². The van der Waals surface area contributed by atoms with Crippen molar-refractivity contribution in [1.29, 1.82) is 0 Å². The molecule has 4 heteroatoms. The molecular formula is C12H15N3O. The molecule has 0 aliphatic heterocycles. The summed E-state index contributed by atoms with van der Waals surface area (Å²) in [5, 5.41) is 0. The number of anilines is 1. The van der Waals surface area contributed by atoms with Gasteiger partial charge in [0.15, 0.2) is 0 Å². The molecule has 0 atom stereocenters. The van der Waals surface area contributed by atoms with Crippen LogP contribution in [-0.4, -0.2) is 9.97 Å². The topological polar surface area (TPSA) is 64.9 Å². The Bertz CT molecular complexity index is 487. The van der Waals surface area contributed by atoms with Gasteiger partial charge in [-0.2, -0.15) is 0 Å². The zero-order valence-corrected chi connectivity index (χ0v) is 9.36. The molecule has 0 spiro atoms. The first kappa shape index (κ1) is 9.63. The van der Waals surface area contributed by atoms with Crippen LogP contribution in [0.25, 0.3) is 11.2 Å². The van der Waals surface area contributed by atoms with Crippen LogP contribution in [0.5, 0.6) is 0 Å². The summed E-state index contributed by atoms with van der Waals surface area (Å²) < 4.78 is 5.71. The summed E-state index contributed by atoms with van der Waals surface area (Å²) in [6, 6.07) is 1.85. The smallest absolute Gasteiger partial charge is 0.247 e. The molecule has 0 amide bonds. The molecule has 1 saturated carbocycles. The van der Waals surface area contributed by atoms with Crippen molar-refractivity contribution in [1.82, 2.24) is 9.97 Å². The maximum absolute atomic E-state index is 5.80. The van der Waals surface area contributed by atoms with Crippen molar-refractivity contribution in [2.45, 2.75) is 38.5 Å². The van der Waals surface area contributed by atoms with Crippen molar-refractivity contribution in [3.05, 3.63) is 17.7 Å². The number of fused-ring (bicyclic) bond motifs is 1. The number of aryl methyl sites for hydroxylation is 1. The molecule has 2 heterocycles. The number of nitrogen functional groups attached to an aromatic ring is 1. The molecule has 2 aromatic rings. The van der Waals surface area contributed by atoms with E-state index in [0.29, 0.717) is 17.3 Å². The predicted octanol–water partition coefficient (Wildman–Crippen LogP) is 2.77. The van der Waals surface area contributed by atoms with E-state index in [1.807, 2.05) is 13.0 Å². The van der Waals surface area contributed by atoms with Crippen molar-refractivity contribution >= 4 is 16.9 Å². The number of nitrogens with zero attached hydrogens (tertiary/aromatic N) is 2. The second kappa shape index (κ2) is 3.47. The van der Waals surface area contributed by atoms with E-state index in [4.69, 9.17) is 10.2 Å². The fraction of sp³-hybridized carbons (Fsp3) is 0.500. The first-order valence-electron chi connectivity index (χ1n) is 5.77. The minimum absolute atomic E-state index is 0.482. The molecule has 3 rings (SSSR count). The molecule has 2 aromatic heterocycles. The van der Waals surface area contributed by atoms with E-state index in [0.717, 1.165) is 17.1 Å². The van der Waals surface area contributed by atoms with Crippen LogP contribution in [0.15, 0.2) is 10.5 Å². The zero-order valence-electron chi connectivity index (χ0n) is 9.36. The van der Waals surface area contributed by atoms with E-state index in [9.17, 15) is 0 Å². The summed E-state index contributed by atoms with van der Waals surface area (Å²) in [6.07, 6.45) is 4.92. The minimum atomic E-state index is 0.482. The maximum Gasteiger partial charge on any atom is 0.247 e. The molecule has 1 fully saturated rings. The quantitative estimate of drug-likeness (QED) is 0.797. The highest BCUT2D eigenvalue weighted by molar-refractivity contribution is 5.73. The molecule has 4 nitrogen and oxygen atoms in total. The number of hydrogen-bond acceptors (Lipinski definition) is 4. The van der Waals surface area contributed by atoms with Crippen molar-refractivity contribution in [2.75, 3.05) is 5.73 Å². The van der Waals surface area contributed by atoms with Crippen molar-refractivity contribution in [3.8, 4) is 0 Å². The van der Waals surface area contributed by atoms with Crippen LogP contribution < -0.4 is 5.73 Å². The average molecular weight is 217 g/mol. The van der Waals surface area contributed by atoms with Crippen LogP contribution in [0.4, 0.5) is 5.69 Å². The Balaban J connectivity index is 2.08. The molecule has 0 saturated heterocycles. The third-order valence-electron chi connectivity index (χ3n) is 3.33. The number of nitrogens with two attached hydrogens (primary N) is 1. The van der Waals surface area contributed by atoms with Gasteiger partial charge in [0.2, 0.25) is 11.6 Å². The molecule has 0 radical (unpaired) electrons. The SMILES string of the molecule is Cc1nc2oc(C3CCCC3)nc2cc1N. The first-order valence-corrected chi connectivity index (χ1v) is 5.77. The Morgan fingerprint density at radius 3 is 2.81 bits per heavy atom. The van der Waals surface area contributed by atoms with Gasteiger partial charge in [-0.15, -0.1) is 0 Å². The highest BCUT2D eigenvalue weighted by Gasteiger charge is 2.22. The summed E-state index contributed by atoms with van der Waals surface area (Å²) in [4.78, 5) is 8.80. The van der Waals surface area contributed by atoms with Gasteiger partial charge in [0.1, 0.15) is 5.52 Å². The summed E-state index contributed by atoms with van der Waals surface area (Å²) in [6.45, 7) is 1.88. The lowest BCUT2D eigenvalue weighted by atomic mass is 10.1. The summed E-state index contributed by atoms with van der Waals surface area (Å²) in [5.41, 5.74) is 8.69. The number of aromatic nitrogens is 2. The summed E-state index contributed by atoms with van der Waals surface area (Å²) in [5.74, 6) is 1.32. The second-order valence-electron chi connectivity index (χ2n) is 4.52. The maximum atomic E-state index is 5.80. The Hall–Kier alpha value is -1.58. The molecule has 0 unspecified atom stereocenters. The molecule has 2 N–H and O–H groups in total. The van der Waals surface area contributed by atoms with Gasteiger partial charge in [-0.05, 0) is 25.8 Å². The predicted molar refractivity (Wildman–Crippen MR) is 62.2 cm³/mol. The Labute approximate surface area is 93.9 Å². The fourth-order valence-electron chi connectivity index (χ4n) is 2.33. The van der Waals surface area contributed by atoms with Crippen LogP contribution in [0.3, 0.4) is 0 Å². The van der Waals surface area contributed by atoms with Gasteiger partial charge in [0.05, 0.1) is 11.4 Å². The fourth-order valence-corrected chi connectivity index (χ4v) is 2.33. The molecule has 84 valence electrons. The van der Waals surface area contributed by atoms with Crippen LogP contribution in [0.1, 0.15) is 43.2 Å². The highest BCUT2D eigenvalue weighted by atomic mass is 16.4. The lowest BCUT2D eigenvalue weighted by Crippen LogP contribution is -1.92. The molecule has 0 bridgehead atoms. The Morgan fingerprint density at radius 1 is 1.31 bits per heavy atom. The minimum Gasteiger partial charge on any atom is -0.422 e. The van der Waals surface area contributed by atoms with E-state index < -0.39 is 0 Å². The standard InChI is InChI=1S/C12H15N3O/c1-7-9(13)6-10-12(14-7)16-11(15-10)8-4-2-3-5-8/h6,8H,2-5,13H2,1H3. The summed E-state index contributed by atoms with van der Waals surface area (Å²) in [7, 11) is 0. The number of pyridine rings is 1. The molecular weight excluding hydrogens is 202 g/mol. The van der Waals surface area contributed by atoms with Gasteiger partial charge in [-0.3, -0.25) is 0 Å². The molecule has 0 aromatic carbocycles. The van der Waals surface area contributed by atoms with Crippen molar-refractivity contribution in [2.24, 2.45) is 0 Å². The van der Waals surface area contributed by atoms with E-state index in [1.165, 1.54) is 25.7 Å². The third-order valence-corrected chi connectivity index (χ3v) is 3.33. The molecule has 1 aliphatic carbocycles. The molecule has 16 heavy (non-hydrogen) atoms. The third kappa shape index (κ3) is 1.45. The van der Waals surface area contributed by atoms with E-state index in [-0.39, 0.29) is 0 Å². The largest absolute Gasteiger partial charge is 0.422 e. The Kier molecular flexibility index (Phi) is 2.09. The molecule has 1 aliphatic rings. The average Bonchev–Trinajstić information content (AvgIpc) is 2.86. The second-order valence-corrected chi connectivity index (χ2v) is 4.52. The van der Waals surface area contributed by atoms with E-state index in [1.54, 1.807) is 0 Å². The first-order chi connectivity index (χ1) is 7.74. The normalized spacial score (nSPS) is 17.3. The van der Waals surface area contributed by atoms with E-state index >= 15 is 0 Å². The van der Waals surface area contributed by atoms with Crippen LogP contribution in [-0.2, 0) is 0 Å². The Morgan fingerprint density at radius 2 is 2.06 bits per heavy atom. The lowest BCUT2D eigenvalue weighted by molar-refractivity contribution is 0.468. The number of rotatable bonds is 1. The van der Waals surface area contributed by atoms with E-state index in [2.05, 4.69) is 9.97 Å². The van der Waals surface area contributed by atoms with Crippen LogP contribution in [0.2, 0.25) is 0 Å². The monoisotopic (exact) mass is 217 g/mol. The van der Waals surface area contributed by atoms with Crippen molar-refractivity contribution < 1.29 is 4.42 Å². The zero-order chi connectivity index (χ0) is 11.1. The highest BCUT2D eigenvalue weighted by Crippen LogP contribution is 2.34. The summed E-state index contributed by atoms with van der Waals surface area (Å²) >= 11 is 0. The van der Waals surface area contributed by atoms with Crippen LogP contribution in [0, 0.1) is 6.92 Å². The number of hydrogen-bond donors (Lipinski definition) is 1. The van der Waals surface area contributed by atoms with Crippen molar-refractivity contribution in [3.63, 3.8) is 0 Å². The van der Waals surface area contributed by atoms with Gasteiger partial charge >= 0.3 is 0 Å². The number of oxazole rings is 1.